The van der Waals surface area contributed by atoms with E-state index in [4.69, 9.17) is 40.0 Å². The molecule has 360 valence electrons. The van der Waals surface area contributed by atoms with Crippen molar-refractivity contribution < 1.29 is 77.0 Å². The van der Waals surface area contributed by atoms with Crippen LogP contribution in [-0.2, 0) is 57.2 Å². The van der Waals surface area contributed by atoms with Gasteiger partial charge in [0.05, 0.1) is 40.2 Å². The average molecular weight is 958 g/mol. The zero-order chi connectivity index (χ0) is 49.7. The molecule has 2 bridgehead atoms. The Morgan fingerprint density at radius 2 is 1.44 bits per heavy atom. The lowest BCUT2D eigenvalue weighted by molar-refractivity contribution is -0.346. The van der Waals surface area contributed by atoms with E-state index in [1.165, 1.54) is 70.2 Å². The molecule has 3 N–H and O–H groups in total. The molecule has 7 rings (SSSR count). The van der Waals surface area contributed by atoms with Crippen LogP contribution in [-0.4, -0.2) is 112 Å². The van der Waals surface area contributed by atoms with Crippen LogP contribution in [0, 0.1) is 16.7 Å². The van der Waals surface area contributed by atoms with Crippen LogP contribution >= 0.6 is 11.6 Å². The van der Waals surface area contributed by atoms with Gasteiger partial charge in [0.25, 0.3) is 5.91 Å². The van der Waals surface area contributed by atoms with Gasteiger partial charge in [-0.25, -0.2) is 14.4 Å². The smallest absolute Gasteiger partial charge is 0.350 e. The number of esters is 5. The number of carbonyl (C=O) groups is 8. The number of amides is 1. The van der Waals surface area contributed by atoms with Gasteiger partial charge in [0.15, 0.2) is 17.5 Å². The van der Waals surface area contributed by atoms with E-state index in [0.717, 1.165) is 20.8 Å². The van der Waals surface area contributed by atoms with Gasteiger partial charge < -0.3 is 44.0 Å². The van der Waals surface area contributed by atoms with Crippen molar-refractivity contribution in [2.75, 3.05) is 6.61 Å². The number of ether oxygens (including phenoxy) is 6. The standard InChI is InChI=1S/C50H52ClNO16/c1-25-33(65-46(61)39(66-45(60)31-20-14-15-21-32(31)51)37(52-43(58)26(2)53)29-16-10-8-11-17-29)23-50(62)42(67-44(59)30-18-12-9-13-19-30)40-48(7,34(56)22-35-49(40,24-63-35)68-28(4)55)41(57)38(64-27(3)54)36(25)47(50,5)6/h8-21,33-35,37-40,42,56,62H,22-24H2,1-7H3,(H,52,58)/t33-,34-,35+,37-,38+,39+,40-,42-,48+,49-,50+/m0/s1. The molecule has 0 unspecified atom stereocenters. The van der Waals surface area contributed by atoms with Crippen molar-refractivity contribution in [3.05, 3.63) is 118 Å². The molecule has 1 saturated heterocycles. The van der Waals surface area contributed by atoms with Gasteiger partial charge in [-0.2, -0.15) is 0 Å². The van der Waals surface area contributed by atoms with Gasteiger partial charge in [0.1, 0.15) is 30.0 Å². The van der Waals surface area contributed by atoms with Crippen molar-refractivity contribution in [3.8, 4) is 0 Å². The molecule has 3 aromatic carbocycles. The molecule has 1 heterocycles. The highest BCUT2D eigenvalue weighted by molar-refractivity contribution is 6.35. The van der Waals surface area contributed by atoms with E-state index in [1.807, 2.05) is 0 Å². The minimum absolute atomic E-state index is 0.0227. The predicted octanol–water partition coefficient (Wildman–Crippen LogP) is 4.53. The number of carbonyl (C=O) groups excluding carboxylic acids is 8. The topological polar surface area (TPSA) is 244 Å². The van der Waals surface area contributed by atoms with Gasteiger partial charge in [0, 0.05) is 39.0 Å². The number of hydrogen-bond donors (Lipinski definition) is 3. The first kappa shape index (κ1) is 49.6. The van der Waals surface area contributed by atoms with Crippen LogP contribution in [0.3, 0.4) is 0 Å². The number of nitrogens with one attached hydrogen (secondary N) is 1. The SMILES string of the molecule is CC(=O)O[C@H]1C(=O)[C@@]2(C)[C@H]([C@H](OC(=O)c3ccccc3)[C@]3(O)C[C@H](OC(=O)[C@H](OC(=O)c4ccccc4Cl)[C@@H](NC(=O)C(C)=O)c4ccccc4)C(C)=C1C3(C)C)[C@]1(OC(C)=O)CO[C@@H]1C[C@@H]2O. The van der Waals surface area contributed by atoms with Crippen molar-refractivity contribution in [1.82, 2.24) is 5.32 Å². The summed E-state index contributed by atoms with van der Waals surface area (Å²) in [7, 11) is 0. The summed E-state index contributed by atoms with van der Waals surface area (Å²) in [5, 5.41) is 28.4. The van der Waals surface area contributed by atoms with Crippen molar-refractivity contribution >= 4 is 58.9 Å². The third-order valence-corrected chi connectivity index (χ3v) is 14.4. The van der Waals surface area contributed by atoms with Crippen molar-refractivity contribution in [2.45, 2.75) is 115 Å². The fourth-order valence-electron chi connectivity index (χ4n) is 10.5. The summed E-state index contributed by atoms with van der Waals surface area (Å²) in [5.74, 6) is -9.86. The van der Waals surface area contributed by atoms with E-state index in [0.29, 0.717) is 0 Å². The lowest BCUT2D eigenvalue weighted by Crippen LogP contribution is -2.82. The first-order valence-corrected chi connectivity index (χ1v) is 22.3. The largest absolute Gasteiger partial charge is 0.455 e. The fourth-order valence-corrected chi connectivity index (χ4v) is 10.7. The number of rotatable bonds is 12. The van der Waals surface area contributed by atoms with Crippen LogP contribution in [0.1, 0.15) is 93.6 Å². The molecule has 4 aliphatic rings. The summed E-state index contributed by atoms with van der Waals surface area (Å²) in [6.45, 7) is 8.67. The molecule has 1 aliphatic heterocycles. The highest BCUT2D eigenvalue weighted by Gasteiger charge is 2.78. The molecule has 11 atom stereocenters. The van der Waals surface area contributed by atoms with Crippen LogP contribution in [0.25, 0.3) is 0 Å². The summed E-state index contributed by atoms with van der Waals surface area (Å²) in [5.41, 5.74) is -8.19. The molecular formula is C50H52ClNO16. The van der Waals surface area contributed by atoms with E-state index in [-0.39, 0.29) is 45.9 Å². The second kappa shape index (κ2) is 18.7. The van der Waals surface area contributed by atoms with E-state index in [1.54, 1.807) is 42.5 Å². The Kier molecular flexibility index (Phi) is 13.6. The highest BCUT2D eigenvalue weighted by atomic mass is 35.5. The molecule has 17 nitrogen and oxygen atoms in total. The number of aliphatic hydroxyl groups excluding tert-OH is 1. The molecule has 2 saturated carbocycles. The Morgan fingerprint density at radius 1 is 0.824 bits per heavy atom. The predicted molar refractivity (Wildman–Crippen MR) is 237 cm³/mol. The van der Waals surface area contributed by atoms with Crippen LogP contribution in [0.4, 0.5) is 0 Å². The Labute approximate surface area is 396 Å². The highest BCUT2D eigenvalue weighted by Crippen LogP contribution is 2.64. The van der Waals surface area contributed by atoms with Crippen LogP contribution < -0.4 is 5.32 Å². The van der Waals surface area contributed by atoms with Crippen LogP contribution in [0.5, 0.6) is 0 Å². The first-order valence-electron chi connectivity index (χ1n) is 21.9. The number of halogens is 1. The Hall–Kier alpha value is -6.27. The average Bonchev–Trinajstić information content (AvgIpc) is 3.28. The van der Waals surface area contributed by atoms with Gasteiger partial charge in [0.2, 0.25) is 11.9 Å². The van der Waals surface area contributed by atoms with Crippen molar-refractivity contribution in [1.29, 1.82) is 0 Å². The monoisotopic (exact) mass is 957 g/mol. The maximum atomic E-state index is 15.6. The van der Waals surface area contributed by atoms with E-state index in [9.17, 15) is 39.0 Å². The summed E-state index contributed by atoms with van der Waals surface area (Å²) in [6, 6.07) is 19.7. The number of hydrogen-bond acceptors (Lipinski definition) is 16. The van der Waals surface area contributed by atoms with Crippen LogP contribution in [0.2, 0.25) is 5.02 Å². The second-order valence-electron chi connectivity index (χ2n) is 18.4. The van der Waals surface area contributed by atoms with Gasteiger partial charge in [-0.1, -0.05) is 86.1 Å². The molecular weight excluding hydrogens is 906 g/mol. The van der Waals surface area contributed by atoms with Gasteiger partial charge >= 0.3 is 29.8 Å². The molecule has 3 aliphatic carbocycles. The van der Waals surface area contributed by atoms with E-state index in [2.05, 4.69) is 5.32 Å². The molecule has 68 heavy (non-hydrogen) atoms. The Bertz CT molecular complexity index is 2580. The molecule has 1 amide bonds. The Balaban J connectivity index is 1.44. The molecule has 0 aromatic heterocycles. The maximum absolute atomic E-state index is 15.6. The van der Waals surface area contributed by atoms with Gasteiger partial charge in [-0.05, 0) is 54.8 Å². The minimum Gasteiger partial charge on any atom is -0.455 e. The van der Waals surface area contributed by atoms with Crippen LogP contribution in [0.15, 0.2) is 96.1 Å². The molecule has 0 radical (unpaired) electrons. The number of fused-ring (bicyclic) bond motifs is 5. The van der Waals surface area contributed by atoms with Gasteiger partial charge in [-0.15, -0.1) is 0 Å². The van der Waals surface area contributed by atoms with Crippen molar-refractivity contribution in [3.63, 3.8) is 0 Å². The third kappa shape index (κ3) is 8.50. The Morgan fingerprint density at radius 3 is 2.01 bits per heavy atom. The summed E-state index contributed by atoms with van der Waals surface area (Å²) in [4.78, 5) is 111. The summed E-state index contributed by atoms with van der Waals surface area (Å²) >= 11 is 6.37. The molecule has 18 heteroatoms. The summed E-state index contributed by atoms with van der Waals surface area (Å²) in [6.07, 6.45) is -11.2. The molecule has 3 aromatic rings. The summed E-state index contributed by atoms with van der Waals surface area (Å²) < 4.78 is 36.4. The minimum atomic E-state index is -2.50. The second-order valence-corrected chi connectivity index (χ2v) is 18.8. The third-order valence-electron chi connectivity index (χ3n) is 14.1. The zero-order valence-corrected chi connectivity index (χ0v) is 39.1. The fraction of sp³-hybridized carbons (Fsp3) is 0.440. The van der Waals surface area contributed by atoms with Gasteiger partial charge in [-0.3, -0.25) is 24.0 Å². The zero-order valence-electron chi connectivity index (χ0n) is 38.3. The first-order chi connectivity index (χ1) is 32.0. The van der Waals surface area contributed by atoms with E-state index < -0.39 is 124 Å². The maximum Gasteiger partial charge on any atom is 0.350 e. The lowest BCUT2D eigenvalue weighted by Gasteiger charge is -2.67. The van der Waals surface area contributed by atoms with E-state index >= 15 is 9.59 Å². The number of aliphatic hydroxyl groups is 2. The number of Topliss-reactive ketones (excluding diaryl/α,β-unsaturated/α-hetero) is 2. The van der Waals surface area contributed by atoms with Crippen molar-refractivity contribution in [2.24, 2.45) is 16.7 Å². The number of benzene rings is 3. The molecule has 3 fully saturated rings. The normalized spacial score (nSPS) is 29.9. The quantitative estimate of drug-likeness (QED) is 0.0977. The lowest BCUT2D eigenvalue weighted by atomic mass is 9.44. The molecule has 0 spiro atoms. The number of ketones is 2.